The van der Waals surface area contributed by atoms with Gasteiger partial charge in [0.25, 0.3) is 0 Å². The predicted molar refractivity (Wildman–Crippen MR) is 159 cm³/mol. The lowest BCUT2D eigenvalue weighted by Gasteiger charge is -2.38. The lowest BCUT2D eigenvalue weighted by Crippen LogP contribution is -2.58. The van der Waals surface area contributed by atoms with Crippen LogP contribution in [-0.4, -0.2) is 137 Å². The first-order valence-corrected chi connectivity index (χ1v) is 16.1. The maximum atomic E-state index is 14.5. The first-order valence-electron chi connectivity index (χ1n) is 15.2. The molecule has 10 nitrogen and oxygen atoms in total. The Morgan fingerprint density at radius 1 is 1.07 bits per heavy atom. The fourth-order valence-electron chi connectivity index (χ4n) is 7.14. The normalized spacial score (nSPS) is 30.9. The number of aliphatic hydroxyl groups excluding tert-OH is 1. The fourth-order valence-corrected chi connectivity index (χ4v) is 8.08. The zero-order valence-electron chi connectivity index (χ0n) is 24.4. The topological polar surface area (TPSA) is 103 Å². The number of fused-ring (bicyclic) bond motifs is 1. The summed E-state index contributed by atoms with van der Waals surface area (Å²) < 4.78 is 12.2. The molecule has 0 aromatic carbocycles. The maximum Gasteiger partial charge on any atom is 0.248 e. The predicted octanol–water partition coefficient (Wildman–Crippen LogP) is 1.67. The largest absolute Gasteiger partial charge is 0.396 e. The molecular weight excluding hydrogens is 592 g/mol. The van der Waals surface area contributed by atoms with E-state index in [1.165, 1.54) is 0 Å². The number of halogens is 1. The molecule has 6 atom stereocenters. The molecule has 0 aliphatic carbocycles. The van der Waals surface area contributed by atoms with Crippen molar-refractivity contribution in [1.82, 2.24) is 19.6 Å². The average Bonchev–Trinajstić information content (AvgIpc) is 3.56. The van der Waals surface area contributed by atoms with Gasteiger partial charge in [-0.25, -0.2) is 0 Å². The van der Waals surface area contributed by atoms with Crippen LogP contribution < -0.4 is 0 Å². The maximum absolute atomic E-state index is 14.5. The number of aliphatic hydroxyl groups is 1. The quantitative estimate of drug-likeness (QED) is 0.156. The van der Waals surface area contributed by atoms with Crippen LogP contribution in [0, 0.1) is 11.8 Å². The molecule has 1 spiro atoms. The van der Waals surface area contributed by atoms with Crippen molar-refractivity contribution in [2.75, 3.05) is 72.2 Å². The number of morpholine rings is 1. The second-order valence-electron chi connectivity index (χ2n) is 11.6. The highest BCUT2D eigenvalue weighted by atomic mass is 79.9. The van der Waals surface area contributed by atoms with E-state index in [0.717, 1.165) is 25.9 Å². The lowest BCUT2D eigenvalue weighted by molar-refractivity contribution is -0.149. The van der Waals surface area contributed by atoms with Crippen molar-refractivity contribution < 1.29 is 29.0 Å². The van der Waals surface area contributed by atoms with Gasteiger partial charge in [-0.1, -0.05) is 35.0 Å². The van der Waals surface area contributed by atoms with Crippen LogP contribution in [0.15, 0.2) is 25.3 Å². The Hall–Kier alpha value is -1.79. The number of carbonyl (C=O) groups excluding carboxylic acids is 3. The number of amides is 3. The molecule has 0 saturated carbocycles. The van der Waals surface area contributed by atoms with Crippen LogP contribution in [0.2, 0.25) is 0 Å². The van der Waals surface area contributed by atoms with Crippen molar-refractivity contribution in [1.29, 1.82) is 0 Å². The van der Waals surface area contributed by atoms with Crippen LogP contribution in [0.4, 0.5) is 0 Å². The van der Waals surface area contributed by atoms with E-state index in [2.05, 4.69) is 34.0 Å². The minimum Gasteiger partial charge on any atom is -0.396 e. The van der Waals surface area contributed by atoms with Gasteiger partial charge in [0.15, 0.2) is 0 Å². The van der Waals surface area contributed by atoms with Gasteiger partial charge in [0, 0.05) is 63.8 Å². The molecular formula is C30H47BrN4O6. The standard InChI is InChI=1S/C30H47BrN4O6/c1-4-10-33(11-5-2)27(37)23-24-28(38)35(13-8-7-9-18-36)26(30(24)21-22(31)25(23)41-30)29(39)34(12-6-3)15-14-32-16-19-40-20-17-32/h4,6,22-26,36H,1,3,5,7-21H2,2H3/t22?,23-,24+,25-,26?,30?/m1/s1. The molecule has 2 bridgehead atoms. The Bertz CT molecular complexity index is 961. The smallest absolute Gasteiger partial charge is 0.248 e. The minimum absolute atomic E-state index is 0.0840. The third-order valence-corrected chi connectivity index (χ3v) is 9.82. The molecule has 4 aliphatic rings. The lowest BCUT2D eigenvalue weighted by atomic mass is 9.70. The number of unbranched alkanes of at least 4 members (excludes halogenated alkanes) is 2. The van der Waals surface area contributed by atoms with Crippen LogP contribution in [0.1, 0.15) is 39.0 Å². The summed E-state index contributed by atoms with van der Waals surface area (Å²) in [6.45, 7) is 15.7. The number of likely N-dealkylation sites (tertiary alicyclic amines) is 1. The fraction of sp³-hybridized carbons (Fsp3) is 0.767. The molecule has 3 unspecified atom stereocenters. The van der Waals surface area contributed by atoms with Gasteiger partial charge in [-0.2, -0.15) is 0 Å². The highest BCUT2D eigenvalue weighted by Gasteiger charge is 2.76. The van der Waals surface area contributed by atoms with Gasteiger partial charge in [-0.15, -0.1) is 13.2 Å². The molecule has 11 heteroatoms. The molecule has 4 rings (SSSR count). The number of alkyl halides is 1. The second kappa shape index (κ2) is 14.6. The Morgan fingerprint density at radius 2 is 1.76 bits per heavy atom. The van der Waals surface area contributed by atoms with Crippen molar-refractivity contribution in [2.45, 2.75) is 61.6 Å². The van der Waals surface area contributed by atoms with Crippen molar-refractivity contribution in [3.8, 4) is 0 Å². The summed E-state index contributed by atoms with van der Waals surface area (Å²) in [5.41, 5.74) is -1.07. The monoisotopic (exact) mass is 638 g/mol. The number of nitrogens with zero attached hydrogens (tertiary/aromatic N) is 4. The molecule has 4 heterocycles. The van der Waals surface area contributed by atoms with E-state index >= 15 is 0 Å². The van der Waals surface area contributed by atoms with Gasteiger partial charge in [0.1, 0.15) is 11.6 Å². The van der Waals surface area contributed by atoms with Crippen LogP contribution >= 0.6 is 15.9 Å². The van der Waals surface area contributed by atoms with E-state index in [4.69, 9.17) is 9.47 Å². The zero-order chi connectivity index (χ0) is 29.6. The Morgan fingerprint density at radius 3 is 2.39 bits per heavy atom. The van der Waals surface area contributed by atoms with E-state index in [0.29, 0.717) is 71.7 Å². The van der Waals surface area contributed by atoms with E-state index in [-0.39, 0.29) is 29.2 Å². The zero-order valence-corrected chi connectivity index (χ0v) is 26.0. The van der Waals surface area contributed by atoms with Crippen LogP contribution in [0.3, 0.4) is 0 Å². The first kappa shape index (κ1) is 32.1. The molecule has 4 fully saturated rings. The van der Waals surface area contributed by atoms with Gasteiger partial charge in [-0.3, -0.25) is 19.3 Å². The summed E-state index contributed by atoms with van der Waals surface area (Å²) in [6.07, 6.45) is 6.26. The van der Waals surface area contributed by atoms with E-state index in [1.54, 1.807) is 26.9 Å². The van der Waals surface area contributed by atoms with Crippen LogP contribution in [0.25, 0.3) is 0 Å². The highest BCUT2D eigenvalue weighted by Crippen LogP contribution is 2.60. The number of rotatable bonds is 16. The molecule has 1 N–H and O–H groups in total. The Labute approximate surface area is 252 Å². The van der Waals surface area contributed by atoms with Gasteiger partial charge in [0.05, 0.1) is 31.2 Å². The molecule has 41 heavy (non-hydrogen) atoms. The second-order valence-corrected chi connectivity index (χ2v) is 12.8. The summed E-state index contributed by atoms with van der Waals surface area (Å²) in [7, 11) is 0. The van der Waals surface area contributed by atoms with E-state index in [9.17, 15) is 19.5 Å². The molecule has 4 saturated heterocycles. The molecule has 0 aromatic rings. The molecule has 230 valence electrons. The molecule has 4 aliphatic heterocycles. The van der Waals surface area contributed by atoms with Crippen molar-refractivity contribution in [3.63, 3.8) is 0 Å². The third-order valence-electron chi connectivity index (χ3n) is 8.97. The van der Waals surface area contributed by atoms with Crippen LogP contribution in [0.5, 0.6) is 0 Å². The number of carbonyl (C=O) groups is 3. The van der Waals surface area contributed by atoms with Gasteiger partial charge in [0.2, 0.25) is 17.7 Å². The Kier molecular flexibility index (Phi) is 11.4. The summed E-state index contributed by atoms with van der Waals surface area (Å²) in [6, 6.07) is -0.819. The van der Waals surface area contributed by atoms with Crippen LogP contribution in [-0.2, 0) is 23.9 Å². The van der Waals surface area contributed by atoms with Crippen molar-refractivity contribution in [2.24, 2.45) is 11.8 Å². The minimum atomic E-state index is -1.07. The number of hydrogen-bond acceptors (Lipinski definition) is 7. The highest BCUT2D eigenvalue weighted by molar-refractivity contribution is 9.09. The average molecular weight is 640 g/mol. The summed E-state index contributed by atoms with van der Waals surface area (Å²) in [5.74, 6) is -1.80. The molecule has 0 radical (unpaired) electrons. The number of hydrogen-bond donors (Lipinski definition) is 1. The van der Waals surface area contributed by atoms with Crippen molar-refractivity contribution >= 4 is 33.7 Å². The van der Waals surface area contributed by atoms with E-state index < -0.39 is 29.6 Å². The SMILES string of the molecule is C=CCN(CCN1CCOCC1)C(=O)C1N(CCCCCO)C(=O)[C@@H]2[C@@H](C(=O)N(CC=C)CCC)[C@@H]3OC12CC3Br. The Balaban J connectivity index is 1.65. The van der Waals surface area contributed by atoms with Gasteiger partial charge >= 0.3 is 0 Å². The first-order chi connectivity index (χ1) is 19.8. The number of ether oxygens (including phenoxy) is 2. The van der Waals surface area contributed by atoms with Gasteiger partial charge < -0.3 is 29.3 Å². The summed E-state index contributed by atoms with van der Waals surface area (Å²) in [5, 5.41) is 9.29. The van der Waals surface area contributed by atoms with Crippen molar-refractivity contribution in [3.05, 3.63) is 25.3 Å². The summed E-state index contributed by atoms with van der Waals surface area (Å²) in [4.78, 5) is 50.1. The summed E-state index contributed by atoms with van der Waals surface area (Å²) >= 11 is 3.77. The third kappa shape index (κ3) is 6.44. The van der Waals surface area contributed by atoms with E-state index in [1.807, 2.05) is 6.92 Å². The van der Waals surface area contributed by atoms with Gasteiger partial charge in [-0.05, 0) is 32.1 Å². The molecule has 0 aromatic heterocycles. The molecule has 3 amide bonds.